The molecule has 5 aliphatic rings. The number of phenols is 1. The van der Waals surface area contributed by atoms with E-state index >= 15 is 0 Å². The number of pyridine rings is 4. The molecule has 0 aliphatic carbocycles. The second-order valence-electron chi connectivity index (χ2n) is 34.0. The largest absolute Gasteiger partial charge is 2.00 e. The Bertz CT molecular complexity index is 7540. The quantitative estimate of drug-likeness (QED) is 0.0850. The smallest absolute Gasteiger partial charge is 0.661 e. The summed E-state index contributed by atoms with van der Waals surface area (Å²) in [6.45, 7) is 11.6. The first-order chi connectivity index (χ1) is 66.1. The van der Waals surface area contributed by atoms with Gasteiger partial charge in [-0.1, -0.05) is 314 Å². The Morgan fingerprint density at radius 3 is 1.33 bits per heavy atom. The van der Waals surface area contributed by atoms with Crippen LogP contribution in [-0.4, -0.2) is 82.2 Å². The third kappa shape index (κ3) is 22.4. The Hall–Kier alpha value is -14.5. The summed E-state index contributed by atoms with van der Waals surface area (Å²) in [6, 6.07) is 105. The van der Waals surface area contributed by atoms with E-state index in [0.29, 0.717) is 74.8 Å². The Balaban J connectivity index is 0.000000142. The van der Waals surface area contributed by atoms with Gasteiger partial charge in [0.1, 0.15) is 17.3 Å². The van der Waals surface area contributed by atoms with E-state index in [1.165, 1.54) is 0 Å². The van der Waals surface area contributed by atoms with Crippen molar-refractivity contribution in [3.8, 4) is 66.5 Å². The number of rotatable bonds is 16. The number of benzene rings is 10. The van der Waals surface area contributed by atoms with Gasteiger partial charge in [-0.15, -0.1) is 28.4 Å². The van der Waals surface area contributed by atoms with Gasteiger partial charge in [-0.25, -0.2) is 24.9 Å². The molecule has 10 aromatic carbocycles. The zero-order valence-electron chi connectivity index (χ0n) is 76.1. The molecule has 2 N–H and O–H groups in total. The van der Waals surface area contributed by atoms with Crippen LogP contribution in [0.1, 0.15) is 96.2 Å². The van der Waals surface area contributed by atoms with Crippen molar-refractivity contribution in [2.24, 2.45) is 25.8 Å². The topological polar surface area (TPSA) is 292 Å². The number of aliphatic imine (C=N–C) groups is 3. The number of carbonyl (C=O) groups is 3. The van der Waals surface area contributed by atoms with Gasteiger partial charge in [0.2, 0.25) is 0 Å². The molecule has 140 heavy (non-hydrogen) atoms. The minimum Gasteiger partial charge on any atom is -0.661 e. The molecule has 22 nitrogen and oxygen atoms in total. The van der Waals surface area contributed by atoms with Crippen LogP contribution in [0, 0.1) is 10.8 Å². The van der Waals surface area contributed by atoms with Crippen LogP contribution in [-0.2, 0) is 95.5 Å². The van der Waals surface area contributed by atoms with Crippen LogP contribution in [0.25, 0.3) is 115 Å². The number of hydrogen-bond donors (Lipinski definition) is 2. The molecule has 22 rings (SSSR count). The first kappa shape index (κ1) is 100.0. The number of nitrogens with zero attached hydrogens (tertiary/aromatic N) is 16. The minimum atomic E-state index is -0.355. The van der Waals surface area contributed by atoms with Gasteiger partial charge in [0, 0.05) is 98.8 Å². The van der Waals surface area contributed by atoms with E-state index in [1.807, 2.05) is 290 Å². The molecule has 28 heteroatoms. The number of fused-ring (bicyclic) bond motifs is 6. The van der Waals surface area contributed by atoms with Crippen molar-refractivity contribution in [2.45, 2.75) is 48.0 Å². The molecule has 0 spiro atoms. The Labute approximate surface area is 875 Å². The molecule has 17 aromatic rings. The molecule has 0 bridgehead atoms. The number of amidine groups is 2. The number of amides is 2. The first-order valence-electron chi connectivity index (χ1n) is 43.9. The van der Waals surface area contributed by atoms with Crippen molar-refractivity contribution < 1.29 is 114 Å². The van der Waals surface area contributed by atoms with Crippen LogP contribution in [0.2, 0.25) is 0 Å². The summed E-state index contributed by atoms with van der Waals surface area (Å²) < 4.78 is 7.76. The Kier molecular flexibility index (Phi) is 31.5. The van der Waals surface area contributed by atoms with Gasteiger partial charge >= 0.3 is 42.1 Å². The average Bonchev–Trinajstić information content (AvgIpc) is 1.49. The van der Waals surface area contributed by atoms with Crippen molar-refractivity contribution in [1.82, 2.24) is 34.9 Å². The van der Waals surface area contributed by atoms with Gasteiger partial charge in [-0.2, -0.15) is 5.69 Å². The number of Topliss-reactive ketones (excluding diaryl/α,β-unsaturated/α-hetero) is 1. The molecular formula is C112H85N16O6Pt4S2-. The molecule has 0 fully saturated rings. The summed E-state index contributed by atoms with van der Waals surface area (Å²) in [5.41, 5.74) is 20.8. The van der Waals surface area contributed by atoms with Crippen LogP contribution >= 0.6 is 22.7 Å². The van der Waals surface area contributed by atoms with Crippen molar-refractivity contribution in [3.63, 3.8) is 0 Å². The molecule has 0 radical (unpaired) electrons. The van der Waals surface area contributed by atoms with Crippen LogP contribution < -0.4 is 19.5 Å². The number of aliphatic hydroxyl groups is 1. The average molecular weight is 2600 g/mol. The third-order valence-corrected chi connectivity index (χ3v) is 24.7. The van der Waals surface area contributed by atoms with Crippen LogP contribution in [0.15, 0.2) is 384 Å². The van der Waals surface area contributed by atoms with Crippen molar-refractivity contribution >= 4 is 142 Å². The second-order valence-corrected chi connectivity index (χ2v) is 36.1. The predicted molar refractivity (Wildman–Crippen MR) is 548 cm³/mol. The van der Waals surface area contributed by atoms with E-state index in [9.17, 15) is 24.6 Å². The number of phenolic OH excluding ortho intramolecular Hbond substituents is 1. The fraction of sp³-hybridized carbons (Fsp3) is 0.0893. The fourth-order valence-corrected chi connectivity index (χ4v) is 17.6. The number of allylic oxidation sites excluding steroid dienone is 4. The number of ketones is 1. The van der Waals surface area contributed by atoms with Crippen LogP contribution in [0.3, 0.4) is 0 Å². The van der Waals surface area contributed by atoms with E-state index in [4.69, 9.17) is 35.3 Å². The number of thiazole rings is 2. The number of ether oxygens (including phenoxy) is 1. The maximum absolute atomic E-state index is 12.1. The number of anilines is 4. The summed E-state index contributed by atoms with van der Waals surface area (Å²) >= 11 is 3.26. The van der Waals surface area contributed by atoms with Gasteiger partial charge in [-0.3, -0.25) is 24.4 Å². The van der Waals surface area contributed by atoms with Crippen molar-refractivity contribution in [1.29, 1.82) is 0 Å². The molecule has 0 saturated carbocycles. The van der Waals surface area contributed by atoms with E-state index in [0.717, 1.165) is 144 Å². The van der Waals surface area contributed by atoms with Gasteiger partial charge in [-0.05, 0) is 154 Å². The monoisotopic (exact) mass is 2590 g/mol. The number of aromatic hydroxyl groups is 1. The second kappa shape index (κ2) is 44.1. The van der Waals surface area contributed by atoms with Crippen LogP contribution in [0.5, 0.6) is 11.5 Å². The number of para-hydroxylation sites is 10. The molecule has 7 aromatic heterocycles. The van der Waals surface area contributed by atoms with E-state index in [-0.39, 0.29) is 118 Å². The molecule has 702 valence electrons. The Morgan fingerprint density at radius 2 is 0.843 bits per heavy atom. The molecular weight excluding hydrogens is 2510 g/mol. The van der Waals surface area contributed by atoms with Gasteiger partial charge in [0.25, 0.3) is 0 Å². The zero-order chi connectivity index (χ0) is 93.6. The minimum absolute atomic E-state index is 0. The number of aliphatic hydroxyl groups excluding tert-OH is 1. The van der Waals surface area contributed by atoms with E-state index in [2.05, 4.69) is 117 Å². The summed E-state index contributed by atoms with van der Waals surface area (Å²) in [4.78, 5) is 87.7. The molecule has 5 aliphatic heterocycles. The number of aromatic nitrogens is 7. The molecule has 12 heterocycles. The standard InChI is InChI=1S/C38H26N6.C27H18N2O2S2.C26H16N6O2.C21H27N2O2.4Pt/c1-3-15-29(16-4-1)43-35-23-9-7-19-33(35)41-37(43)25-27-13-11-21-31(39-27)32-22-12-14-28(40-32)26-38-42-34-20-8-10-24-36(34)44(38)30-17-5-2-6-18-30;1-31-21-13-5-3-9-17(21)19-11-7-15-23-25(19)29-27(33-23)26-28-24-18(10-6-14-22(24)32-26)16-8-2-4-12-20(16)30;33-25-17-9-3-1-7-15(17)23(31-25)29-21-13-5-11-19(27-21)20-12-6-14-22(28-20)30-24-16-8-2-4-10-18(16)26(34)32-24;1-20(2,3)18(24)12-16-9-7-14(22-16)11-15-8-10-17(23-15)13-19(25)21(4,5)6;;;;/h1-26H;2-15,30H,1H3;1-14H,(H2,27,28,29,30,31,32,33,34);7-12H,13H2,1-6H3,(H-,22,23,24);;;;/q-2;;;-1;;;2*+2/p-2. The number of carbonyl (C=O) groups excluding carboxylic acids is 3. The van der Waals surface area contributed by atoms with Gasteiger partial charge < -0.3 is 61.0 Å². The summed E-state index contributed by atoms with van der Waals surface area (Å²) in [5, 5.41) is 40.2. The predicted octanol–water partition coefficient (Wildman–Crippen LogP) is 28.1. The van der Waals surface area contributed by atoms with Crippen molar-refractivity contribution in [3.05, 3.63) is 435 Å². The fourth-order valence-electron chi connectivity index (χ4n) is 15.6. The van der Waals surface area contributed by atoms with Gasteiger partial charge in [0.05, 0.1) is 90.5 Å². The number of hydrogen-bond acceptors (Lipinski definition) is 19. The Morgan fingerprint density at radius 1 is 0.421 bits per heavy atom. The summed E-state index contributed by atoms with van der Waals surface area (Å²) in [5.74, 6) is 4.05. The maximum atomic E-state index is 12.1. The maximum Gasteiger partial charge on any atom is 2.00 e. The molecule has 0 saturated heterocycles. The third-order valence-electron chi connectivity index (χ3n) is 22.5. The zero-order valence-corrected chi connectivity index (χ0v) is 86.8. The number of methoxy groups -OCH3 is 1. The normalized spacial score (nSPS) is 14.5. The summed E-state index contributed by atoms with van der Waals surface area (Å²) in [6.07, 6.45) is 11.7. The summed E-state index contributed by atoms with van der Waals surface area (Å²) in [7, 11) is 1.69. The molecule has 0 unspecified atom stereocenters. The van der Waals surface area contributed by atoms with Crippen molar-refractivity contribution in [2.75, 3.05) is 16.9 Å². The van der Waals surface area contributed by atoms with Gasteiger partial charge in [0.15, 0.2) is 21.8 Å². The first-order valence-corrected chi connectivity index (χ1v) is 45.6. The SMILES string of the molecule is C(=C1[N-]c2ccccc2N1c1ccccc1)c1cccc(-c2cccc(C=C3[N-]c4ccccc4N3c3ccccc3)n2)n1.CC(C)(C)C(=O)Cc1ccc(C=C2C=CC(C=C(O)C(C)(C)C)=N2)[n-]1.COc1ccccc1-c1cccc2sc(-c3nc4c(-c5ccccc5O)cccc4s3)nc12.O=C1[N-]C(=Nc2cccc(-c3cccc(N=C4[N-]C(=O)c5ccccc54)n3)n2)c2ccccc21.[Pt+2].[Pt+2].[Pt].[Pt]. The van der Waals surface area contributed by atoms with Crippen LogP contribution in [0.4, 0.5) is 45.8 Å². The van der Waals surface area contributed by atoms with E-state index in [1.54, 1.807) is 78.3 Å². The molecule has 2 amide bonds. The van der Waals surface area contributed by atoms with E-state index < -0.39 is 0 Å². The molecule has 0 atom stereocenters.